The van der Waals surface area contributed by atoms with E-state index >= 15 is 0 Å². The third kappa shape index (κ3) is 3.20. The summed E-state index contributed by atoms with van der Waals surface area (Å²) in [7, 11) is 0. The molecule has 0 radical (unpaired) electrons. The molecule has 1 aromatic heterocycles. The molecule has 1 aliphatic heterocycles. The number of aryl methyl sites for hydroxylation is 1. The van der Waals surface area contributed by atoms with Crippen molar-refractivity contribution >= 4 is 23.0 Å². The SMILES string of the molecule is CCn1cc(CN2CCN(c3c(N)cccc3Cl)CC2)cn1. The Morgan fingerprint density at radius 3 is 2.64 bits per heavy atom. The summed E-state index contributed by atoms with van der Waals surface area (Å²) in [6, 6.07) is 5.70. The second kappa shape index (κ2) is 6.58. The highest BCUT2D eigenvalue weighted by molar-refractivity contribution is 6.34. The number of anilines is 2. The summed E-state index contributed by atoms with van der Waals surface area (Å²) in [5, 5.41) is 5.07. The minimum Gasteiger partial charge on any atom is -0.397 e. The maximum atomic E-state index is 6.30. The molecule has 0 saturated carbocycles. The molecule has 1 fully saturated rings. The van der Waals surface area contributed by atoms with Gasteiger partial charge in [0, 0.05) is 51.0 Å². The maximum Gasteiger partial charge on any atom is 0.0790 e. The van der Waals surface area contributed by atoms with Crippen molar-refractivity contribution in [2.75, 3.05) is 36.8 Å². The van der Waals surface area contributed by atoms with Gasteiger partial charge in [0.05, 0.1) is 22.6 Å². The van der Waals surface area contributed by atoms with E-state index in [1.54, 1.807) is 0 Å². The molecule has 0 amide bonds. The predicted molar refractivity (Wildman–Crippen MR) is 91.3 cm³/mol. The fourth-order valence-corrected chi connectivity index (χ4v) is 3.22. The van der Waals surface area contributed by atoms with E-state index in [-0.39, 0.29) is 0 Å². The van der Waals surface area contributed by atoms with Gasteiger partial charge in [-0.25, -0.2) is 0 Å². The van der Waals surface area contributed by atoms with Crippen LogP contribution in [0.2, 0.25) is 5.02 Å². The van der Waals surface area contributed by atoms with Crippen molar-refractivity contribution in [3.63, 3.8) is 0 Å². The number of benzene rings is 1. The van der Waals surface area contributed by atoms with Crippen molar-refractivity contribution in [2.24, 2.45) is 0 Å². The Bertz CT molecular complexity index is 611. The Hall–Kier alpha value is -1.72. The summed E-state index contributed by atoms with van der Waals surface area (Å²) in [6.07, 6.45) is 4.08. The van der Waals surface area contributed by atoms with Crippen LogP contribution in [-0.2, 0) is 13.1 Å². The van der Waals surface area contributed by atoms with Gasteiger partial charge in [0.1, 0.15) is 0 Å². The summed E-state index contributed by atoms with van der Waals surface area (Å²) < 4.78 is 1.97. The fourth-order valence-electron chi connectivity index (χ4n) is 2.91. The standard InChI is InChI=1S/C16H22ClN5/c1-2-22-12-13(10-19-22)11-20-6-8-21(9-7-20)16-14(17)4-3-5-15(16)18/h3-5,10,12H,2,6-9,11,18H2,1H3. The number of para-hydroxylation sites is 1. The third-order valence-corrected chi connectivity index (χ3v) is 4.43. The van der Waals surface area contributed by atoms with Gasteiger partial charge >= 0.3 is 0 Å². The Balaban J connectivity index is 1.60. The second-order valence-electron chi connectivity index (χ2n) is 5.65. The lowest BCUT2D eigenvalue weighted by molar-refractivity contribution is 0.250. The summed E-state index contributed by atoms with van der Waals surface area (Å²) >= 11 is 6.30. The van der Waals surface area contributed by atoms with Gasteiger partial charge in [0.2, 0.25) is 0 Å². The molecule has 2 N–H and O–H groups in total. The van der Waals surface area contributed by atoms with Crippen LogP contribution in [0.3, 0.4) is 0 Å². The highest BCUT2D eigenvalue weighted by atomic mass is 35.5. The molecule has 0 bridgehead atoms. The van der Waals surface area contributed by atoms with Gasteiger partial charge in [0.15, 0.2) is 0 Å². The second-order valence-corrected chi connectivity index (χ2v) is 6.05. The van der Waals surface area contributed by atoms with Crippen LogP contribution in [0.1, 0.15) is 12.5 Å². The number of nitrogens with zero attached hydrogens (tertiary/aromatic N) is 4. The van der Waals surface area contributed by atoms with E-state index in [4.69, 9.17) is 17.3 Å². The molecule has 2 aromatic rings. The topological polar surface area (TPSA) is 50.3 Å². The van der Waals surface area contributed by atoms with E-state index < -0.39 is 0 Å². The van der Waals surface area contributed by atoms with Crippen LogP contribution in [0.15, 0.2) is 30.6 Å². The molecule has 0 atom stereocenters. The number of nitrogen functional groups attached to an aromatic ring is 1. The molecule has 1 aromatic carbocycles. The summed E-state index contributed by atoms with van der Waals surface area (Å²) in [5.74, 6) is 0. The molecule has 3 rings (SSSR count). The van der Waals surface area contributed by atoms with Gasteiger partial charge < -0.3 is 10.6 Å². The van der Waals surface area contributed by atoms with E-state index in [1.807, 2.05) is 29.1 Å². The lowest BCUT2D eigenvalue weighted by Crippen LogP contribution is -2.46. The first-order chi connectivity index (χ1) is 10.7. The van der Waals surface area contributed by atoms with Crippen LogP contribution < -0.4 is 10.6 Å². The molecule has 0 spiro atoms. The molecule has 0 unspecified atom stereocenters. The molecule has 22 heavy (non-hydrogen) atoms. The summed E-state index contributed by atoms with van der Waals surface area (Å²) in [5.41, 5.74) is 9.08. The minimum absolute atomic E-state index is 0.734. The van der Waals surface area contributed by atoms with Crippen LogP contribution >= 0.6 is 11.6 Å². The fraction of sp³-hybridized carbons (Fsp3) is 0.438. The van der Waals surface area contributed by atoms with Crippen molar-refractivity contribution < 1.29 is 0 Å². The van der Waals surface area contributed by atoms with Crippen LogP contribution in [0.4, 0.5) is 11.4 Å². The quantitative estimate of drug-likeness (QED) is 0.880. The number of rotatable bonds is 4. The van der Waals surface area contributed by atoms with Gasteiger partial charge in [-0.1, -0.05) is 17.7 Å². The first-order valence-corrected chi connectivity index (χ1v) is 8.08. The molecular weight excluding hydrogens is 298 g/mol. The van der Waals surface area contributed by atoms with Crippen LogP contribution in [0.5, 0.6) is 0 Å². The van der Waals surface area contributed by atoms with Crippen molar-refractivity contribution in [1.29, 1.82) is 0 Å². The Morgan fingerprint density at radius 2 is 2.00 bits per heavy atom. The van der Waals surface area contributed by atoms with Crippen LogP contribution in [-0.4, -0.2) is 40.9 Å². The number of hydrogen-bond donors (Lipinski definition) is 1. The molecule has 118 valence electrons. The van der Waals surface area contributed by atoms with Crippen molar-refractivity contribution in [2.45, 2.75) is 20.0 Å². The Morgan fingerprint density at radius 1 is 1.23 bits per heavy atom. The van der Waals surface area contributed by atoms with Crippen molar-refractivity contribution in [3.05, 3.63) is 41.2 Å². The molecular formula is C16H22ClN5. The molecule has 5 nitrogen and oxygen atoms in total. The molecule has 6 heteroatoms. The van der Waals surface area contributed by atoms with E-state index in [9.17, 15) is 0 Å². The Kier molecular flexibility index (Phi) is 4.55. The molecule has 0 aliphatic carbocycles. The number of nitrogens with two attached hydrogens (primary N) is 1. The average Bonchev–Trinajstić information content (AvgIpc) is 2.96. The first-order valence-electron chi connectivity index (χ1n) is 7.70. The van der Waals surface area contributed by atoms with E-state index in [1.165, 1.54) is 5.56 Å². The van der Waals surface area contributed by atoms with E-state index in [0.29, 0.717) is 0 Å². The number of piperazine rings is 1. The molecule has 1 aliphatic rings. The van der Waals surface area contributed by atoms with Gasteiger partial charge in [-0.3, -0.25) is 9.58 Å². The monoisotopic (exact) mass is 319 g/mol. The van der Waals surface area contributed by atoms with Gasteiger partial charge in [-0.15, -0.1) is 0 Å². The maximum absolute atomic E-state index is 6.30. The molecule has 1 saturated heterocycles. The lowest BCUT2D eigenvalue weighted by atomic mass is 10.2. The van der Waals surface area contributed by atoms with E-state index in [0.717, 1.165) is 55.7 Å². The number of aromatic nitrogens is 2. The zero-order valence-corrected chi connectivity index (χ0v) is 13.6. The summed E-state index contributed by atoms with van der Waals surface area (Å²) in [4.78, 5) is 4.73. The highest BCUT2D eigenvalue weighted by Gasteiger charge is 2.20. The third-order valence-electron chi connectivity index (χ3n) is 4.12. The highest BCUT2D eigenvalue weighted by Crippen LogP contribution is 2.32. The van der Waals surface area contributed by atoms with E-state index in [2.05, 4.69) is 28.0 Å². The number of hydrogen-bond acceptors (Lipinski definition) is 4. The van der Waals surface area contributed by atoms with Gasteiger partial charge in [-0.05, 0) is 19.1 Å². The van der Waals surface area contributed by atoms with Crippen LogP contribution in [0, 0.1) is 0 Å². The van der Waals surface area contributed by atoms with Gasteiger partial charge in [-0.2, -0.15) is 5.10 Å². The van der Waals surface area contributed by atoms with Crippen molar-refractivity contribution in [3.8, 4) is 0 Å². The Labute approximate surface area is 136 Å². The minimum atomic E-state index is 0.734. The summed E-state index contributed by atoms with van der Waals surface area (Å²) in [6.45, 7) is 7.85. The average molecular weight is 320 g/mol. The normalized spacial score (nSPS) is 16.2. The zero-order valence-electron chi connectivity index (χ0n) is 12.9. The van der Waals surface area contributed by atoms with Crippen LogP contribution in [0.25, 0.3) is 0 Å². The first kappa shape index (κ1) is 15.2. The number of halogens is 1. The largest absolute Gasteiger partial charge is 0.397 e. The lowest BCUT2D eigenvalue weighted by Gasteiger charge is -2.36. The van der Waals surface area contributed by atoms with Crippen molar-refractivity contribution in [1.82, 2.24) is 14.7 Å². The van der Waals surface area contributed by atoms with Gasteiger partial charge in [0.25, 0.3) is 0 Å². The predicted octanol–water partition coefficient (Wildman–Crippen LogP) is 2.46. The zero-order chi connectivity index (χ0) is 15.5. The molecule has 2 heterocycles. The smallest absolute Gasteiger partial charge is 0.0790 e.